The van der Waals surface area contributed by atoms with Crippen molar-refractivity contribution < 1.29 is 14.3 Å². The van der Waals surface area contributed by atoms with Crippen LogP contribution >= 0.6 is 0 Å². The van der Waals surface area contributed by atoms with Crippen molar-refractivity contribution in [1.29, 1.82) is 0 Å². The van der Waals surface area contributed by atoms with Crippen molar-refractivity contribution >= 4 is 18.1 Å². The number of aromatic nitrogens is 2. The van der Waals surface area contributed by atoms with E-state index in [2.05, 4.69) is 25.5 Å². The third-order valence-corrected chi connectivity index (χ3v) is 3.88. The lowest BCUT2D eigenvalue weighted by Crippen LogP contribution is -2.18. The maximum atomic E-state index is 12.2. The summed E-state index contributed by atoms with van der Waals surface area (Å²) in [6, 6.07) is 16.2. The number of nitrogens with zero attached hydrogens (tertiary/aromatic N) is 2. The van der Waals surface area contributed by atoms with Crippen molar-refractivity contribution in [1.82, 2.24) is 15.6 Å². The van der Waals surface area contributed by atoms with Crippen LogP contribution in [0.5, 0.6) is 0 Å². The fourth-order valence-electron chi connectivity index (χ4n) is 2.36. The molecule has 3 rings (SSSR count). The molecule has 0 saturated carbocycles. The molecule has 0 unspecified atom stereocenters. The average Bonchev–Trinajstić information content (AvgIpc) is 3.19. The first kappa shape index (κ1) is 18.1. The molecule has 7 heteroatoms. The van der Waals surface area contributed by atoms with Crippen molar-refractivity contribution in [2.45, 2.75) is 6.92 Å². The number of amides is 1. The van der Waals surface area contributed by atoms with Gasteiger partial charge in [-0.15, -0.1) is 0 Å². The van der Waals surface area contributed by atoms with E-state index in [4.69, 9.17) is 0 Å². The summed E-state index contributed by atoms with van der Waals surface area (Å²) >= 11 is 0. The van der Waals surface area contributed by atoms with Crippen LogP contribution < -0.4 is 5.43 Å². The highest BCUT2D eigenvalue weighted by Gasteiger charge is 2.10. The Hall–Kier alpha value is -3.74. The van der Waals surface area contributed by atoms with Crippen molar-refractivity contribution in [3.63, 3.8) is 0 Å². The third-order valence-electron chi connectivity index (χ3n) is 3.88. The molecule has 0 bridgehead atoms. The van der Waals surface area contributed by atoms with Crippen LogP contribution in [0.2, 0.25) is 0 Å². The standard InChI is InChI=1S/C20H18N4O3/c1-13-3-7-15(8-4-13)17-11-18(23-22-17)19(25)24-21-12-14-5-9-16(10-6-14)20(26)27-2/h3-12H,1-2H3,(H,22,23)(H,24,25)/b21-12+. The summed E-state index contributed by atoms with van der Waals surface area (Å²) in [4.78, 5) is 23.5. The van der Waals surface area contributed by atoms with Gasteiger partial charge in [0.15, 0.2) is 0 Å². The summed E-state index contributed by atoms with van der Waals surface area (Å²) in [7, 11) is 1.33. The fraction of sp³-hybridized carbons (Fsp3) is 0.100. The van der Waals surface area contributed by atoms with Crippen LogP contribution in [0.4, 0.5) is 0 Å². The largest absolute Gasteiger partial charge is 0.465 e. The molecule has 0 radical (unpaired) electrons. The molecule has 0 saturated heterocycles. The Labute approximate surface area is 156 Å². The topological polar surface area (TPSA) is 96.4 Å². The monoisotopic (exact) mass is 362 g/mol. The maximum absolute atomic E-state index is 12.2. The Morgan fingerprint density at radius 2 is 1.81 bits per heavy atom. The summed E-state index contributed by atoms with van der Waals surface area (Å²) in [5, 5.41) is 10.8. The van der Waals surface area contributed by atoms with Gasteiger partial charge in [-0.2, -0.15) is 10.2 Å². The third kappa shape index (κ3) is 4.46. The van der Waals surface area contributed by atoms with Gasteiger partial charge in [0.1, 0.15) is 5.69 Å². The SMILES string of the molecule is COC(=O)c1ccc(/C=N/NC(=O)c2cc(-c3ccc(C)cc3)n[nH]2)cc1. The number of hydrazone groups is 1. The minimum Gasteiger partial charge on any atom is -0.465 e. The first-order chi connectivity index (χ1) is 13.1. The highest BCUT2D eigenvalue weighted by atomic mass is 16.5. The molecule has 0 fully saturated rings. The molecule has 1 aromatic heterocycles. The van der Waals surface area contributed by atoms with Gasteiger partial charge >= 0.3 is 5.97 Å². The Balaban J connectivity index is 1.61. The van der Waals surface area contributed by atoms with Crippen molar-refractivity contribution in [3.05, 3.63) is 77.0 Å². The lowest BCUT2D eigenvalue weighted by atomic mass is 10.1. The van der Waals surface area contributed by atoms with E-state index < -0.39 is 11.9 Å². The molecule has 1 amide bonds. The number of aryl methyl sites for hydroxylation is 1. The van der Waals surface area contributed by atoms with Gasteiger partial charge in [0, 0.05) is 5.56 Å². The van der Waals surface area contributed by atoms with E-state index in [1.54, 1.807) is 30.3 Å². The second-order valence-corrected chi connectivity index (χ2v) is 5.85. The summed E-state index contributed by atoms with van der Waals surface area (Å²) in [6.07, 6.45) is 1.48. The number of nitrogens with one attached hydrogen (secondary N) is 2. The van der Waals surface area contributed by atoms with Crippen LogP contribution in [-0.4, -0.2) is 35.4 Å². The Morgan fingerprint density at radius 3 is 2.48 bits per heavy atom. The lowest BCUT2D eigenvalue weighted by Gasteiger charge is -1.99. The molecular formula is C20H18N4O3. The van der Waals surface area contributed by atoms with Gasteiger partial charge in [0.25, 0.3) is 5.91 Å². The zero-order chi connectivity index (χ0) is 19.2. The Morgan fingerprint density at radius 1 is 1.11 bits per heavy atom. The van der Waals surface area contributed by atoms with Crippen LogP contribution in [0.15, 0.2) is 59.7 Å². The van der Waals surface area contributed by atoms with E-state index in [0.29, 0.717) is 17.0 Å². The molecule has 27 heavy (non-hydrogen) atoms. The first-order valence-corrected chi connectivity index (χ1v) is 8.21. The zero-order valence-corrected chi connectivity index (χ0v) is 14.9. The van der Waals surface area contributed by atoms with Crippen LogP contribution in [0.25, 0.3) is 11.3 Å². The summed E-state index contributed by atoms with van der Waals surface area (Å²) in [6.45, 7) is 2.01. The molecule has 0 spiro atoms. The molecule has 1 heterocycles. The molecule has 0 aliphatic heterocycles. The second-order valence-electron chi connectivity index (χ2n) is 5.85. The smallest absolute Gasteiger partial charge is 0.337 e. The van der Waals surface area contributed by atoms with E-state index >= 15 is 0 Å². The number of rotatable bonds is 5. The Bertz CT molecular complexity index is 973. The number of hydrogen-bond acceptors (Lipinski definition) is 5. The molecular weight excluding hydrogens is 344 g/mol. The normalized spacial score (nSPS) is 10.7. The molecule has 7 nitrogen and oxygen atoms in total. The van der Waals surface area contributed by atoms with Crippen LogP contribution in [0, 0.1) is 6.92 Å². The minimum absolute atomic E-state index is 0.309. The van der Waals surface area contributed by atoms with E-state index in [0.717, 1.165) is 16.7 Å². The quantitative estimate of drug-likeness (QED) is 0.414. The van der Waals surface area contributed by atoms with Gasteiger partial charge in [-0.25, -0.2) is 10.2 Å². The minimum atomic E-state index is -0.407. The number of aromatic amines is 1. The number of benzene rings is 2. The molecule has 3 aromatic rings. The highest BCUT2D eigenvalue weighted by Crippen LogP contribution is 2.18. The number of ether oxygens (including phenoxy) is 1. The highest BCUT2D eigenvalue weighted by molar-refractivity contribution is 5.94. The van der Waals surface area contributed by atoms with Crippen LogP contribution in [0.1, 0.15) is 32.0 Å². The zero-order valence-electron chi connectivity index (χ0n) is 14.9. The summed E-state index contributed by atoms with van der Waals surface area (Å²) in [5.41, 5.74) is 6.68. The van der Waals surface area contributed by atoms with Crippen LogP contribution in [0.3, 0.4) is 0 Å². The van der Waals surface area contributed by atoms with Gasteiger partial charge < -0.3 is 4.74 Å². The fourth-order valence-corrected chi connectivity index (χ4v) is 2.36. The summed E-state index contributed by atoms with van der Waals surface area (Å²) < 4.78 is 4.64. The number of H-pyrrole nitrogens is 1. The number of hydrogen-bond donors (Lipinski definition) is 2. The van der Waals surface area contributed by atoms with Gasteiger partial charge in [-0.1, -0.05) is 42.0 Å². The van der Waals surface area contributed by atoms with Crippen LogP contribution in [-0.2, 0) is 4.74 Å². The average molecular weight is 362 g/mol. The van der Waals surface area contributed by atoms with E-state index in [9.17, 15) is 9.59 Å². The Kier molecular flexibility index (Phi) is 5.41. The van der Waals surface area contributed by atoms with Gasteiger partial charge in [0.2, 0.25) is 0 Å². The first-order valence-electron chi connectivity index (χ1n) is 8.21. The molecule has 2 N–H and O–H groups in total. The number of esters is 1. The van der Waals surface area contributed by atoms with Gasteiger partial charge in [-0.3, -0.25) is 9.89 Å². The van der Waals surface area contributed by atoms with Gasteiger partial charge in [0.05, 0.1) is 24.6 Å². The lowest BCUT2D eigenvalue weighted by molar-refractivity contribution is 0.0600. The number of methoxy groups -OCH3 is 1. The second kappa shape index (κ2) is 8.09. The van der Waals surface area contributed by atoms with Crippen molar-refractivity contribution in [2.24, 2.45) is 5.10 Å². The van der Waals surface area contributed by atoms with Crippen molar-refractivity contribution in [3.8, 4) is 11.3 Å². The maximum Gasteiger partial charge on any atom is 0.337 e. The predicted molar refractivity (Wildman–Crippen MR) is 102 cm³/mol. The summed E-state index contributed by atoms with van der Waals surface area (Å²) in [5.74, 6) is -0.807. The molecule has 0 atom stereocenters. The molecule has 0 aliphatic carbocycles. The number of carbonyl (C=O) groups excluding carboxylic acids is 2. The number of carbonyl (C=O) groups is 2. The van der Waals surface area contributed by atoms with E-state index in [1.807, 2.05) is 31.2 Å². The predicted octanol–water partition coefficient (Wildman–Crippen LogP) is 2.94. The van der Waals surface area contributed by atoms with E-state index in [-0.39, 0.29) is 0 Å². The molecule has 136 valence electrons. The molecule has 0 aliphatic rings. The van der Waals surface area contributed by atoms with E-state index in [1.165, 1.54) is 13.3 Å². The van der Waals surface area contributed by atoms with Crippen molar-refractivity contribution in [2.75, 3.05) is 7.11 Å². The van der Waals surface area contributed by atoms with Gasteiger partial charge in [-0.05, 0) is 30.7 Å². The molecule has 2 aromatic carbocycles.